The number of aryl methyl sites for hydroxylation is 2. The molecule has 1 amide bonds. The Morgan fingerprint density at radius 2 is 2.11 bits per heavy atom. The Bertz CT molecular complexity index is 754. The molecule has 10 heteroatoms. The maximum atomic E-state index is 12.0. The number of hydrogen-bond acceptors (Lipinski definition) is 6. The van der Waals surface area contributed by atoms with Crippen molar-refractivity contribution >= 4 is 33.0 Å². The lowest BCUT2D eigenvalue weighted by Gasteiger charge is -2.13. The number of sulfone groups is 1. The molecule has 1 atom stereocenters. The Morgan fingerprint density at radius 1 is 1.33 bits per heavy atom. The highest BCUT2D eigenvalue weighted by Gasteiger charge is 2.28. The standard InChI is InChI=1S/C17H29N5O3S2/c1-4-18-17(20-9-6-16-21-12(2)13(3)26-16)19-8-5-15(23)22-14-7-10-27(24,25)11-14/h14H,4-11H2,1-3H3,(H,22,23)(H2,18,19,20). The number of nitrogens with one attached hydrogen (secondary N) is 3. The number of carbonyl (C=O) groups is 1. The Kier molecular flexibility index (Phi) is 8.03. The van der Waals surface area contributed by atoms with Gasteiger partial charge < -0.3 is 16.0 Å². The Labute approximate surface area is 165 Å². The maximum Gasteiger partial charge on any atom is 0.222 e. The second kappa shape index (κ2) is 10.0. The molecule has 8 nitrogen and oxygen atoms in total. The van der Waals surface area contributed by atoms with Gasteiger partial charge in [-0.15, -0.1) is 11.3 Å². The fourth-order valence-corrected chi connectivity index (χ4v) is 5.35. The van der Waals surface area contributed by atoms with Gasteiger partial charge in [-0.05, 0) is 27.2 Å². The minimum absolute atomic E-state index is 0.0476. The molecule has 0 radical (unpaired) electrons. The first-order valence-corrected chi connectivity index (χ1v) is 11.9. The number of thiazole rings is 1. The van der Waals surface area contributed by atoms with Crippen molar-refractivity contribution in [2.24, 2.45) is 4.99 Å². The molecule has 1 aliphatic rings. The Morgan fingerprint density at radius 3 is 2.70 bits per heavy atom. The van der Waals surface area contributed by atoms with Gasteiger partial charge in [-0.2, -0.15) is 0 Å². The largest absolute Gasteiger partial charge is 0.357 e. The van der Waals surface area contributed by atoms with E-state index in [1.165, 1.54) is 4.88 Å². The Balaban J connectivity index is 1.72. The SMILES string of the molecule is CCNC(=NCCc1nc(C)c(C)s1)NCCC(=O)NC1CCS(=O)(=O)C1. The average molecular weight is 416 g/mol. The molecule has 0 saturated carbocycles. The number of carbonyl (C=O) groups excluding carboxylic acids is 1. The number of aliphatic imine (C=N–C) groups is 1. The molecule has 1 unspecified atom stereocenters. The van der Waals surface area contributed by atoms with Gasteiger partial charge in [0, 0.05) is 43.4 Å². The summed E-state index contributed by atoms with van der Waals surface area (Å²) in [6.07, 6.45) is 1.56. The van der Waals surface area contributed by atoms with E-state index in [1.54, 1.807) is 11.3 Å². The molecule has 152 valence electrons. The van der Waals surface area contributed by atoms with Gasteiger partial charge in [0.25, 0.3) is 0 Å². The third kappa shape index (κ3) is 7.45. The topological polar surface area (TPSA) is 113 Å². The first-order chi connectivity index (χ1) is 12.8. The highest BCUT2D eigenvalue weighted by atomic mass is 32.2. The zero-order valence-corrected chi connectivity index (χ0v) is 17.8. The summed E-state index contributed by atoms with van der Waals surface area (Å²) in [5.74, 6) is 0.727. The van der Waals surface area contributed by atoms with Crippen LogP contribution in [-0.4, -0.2) is 62.5 Å². The molecule has 1 aromatic heterocycles. The number of guanidine groups is 1. The fourth-order valence-electron chi connectivity index (χ4n) is 2.75. The van der Waals surface area contributed by atoms with Gasteiger partial charge in [-0.1, -0.05) is 0 Å². The van der Waals surface area contributed by atoms with Gasteiger partial charge in [0.05, 0.1) is 22.2 Å². The molecule has 0 aromatic carbocycles. The molecule has 0 spiro atoms. The molecule has 1 saturated heterocycles. The smallest absolute Gasteiger partial charge is 0.222 e. The number of amides is 1. The summed E-state index contributed by atoms with van der Waals surface area (Å²) in [6.45, 7) is 7.85. The highest BCUT2D eigenvalue weighted by Crippen LogP contribution is 2.16. The van der Waals surface area contributed by atoms with Crippen molar-refractivity contribution in [3.05, 3.63) is 15.6 Å². The van der Waals surface area contributed by atoms with E-state index in [2.05, 4.69) is 32.9 Å². The molecular weight excluding hydrogens is 386 g/mol. The molecule has 2 heterocycles. The predicted octanol–water partition coefficient (Wildman–Crippen LogP) is 0.551. The van der Waals surface area contributed by atoms with Gasteiger partial charge in [0.1, 0.15) is 0 Å². The molecule has 27 heavy (non-hydrogen) atoms. The fraction of sp³-hybridized carbons (Fsp3) is 0.706. The summed E-state index contributed by atoms with van der Waals surface area (Å²) in [5.41, 5.74) is 1.07. The highest BCUT2D eigenvalue weighted by molar-refractivity contribution is 7.91. The second-order valence-corrected chi connectivity index (χ2v) is 10.1. The first kappa shape index (κ1) is 21.6. The van der Waals surface area contributed by atoms with Crippen molar-refractivity contribution in [3.63, 3.8) is 0 Å². The van der Waals surface area contributed by atoms with Crippen molar-refractivity contribution in [1.29, 1.82) is 0 Å². The Hall–Kier alpha value is -1.68. The van der Waals surface area contributed by atoms with Crippen molar-refractivity contribution in [2.75, 3.05) is 31.1 Å². The molecule has 0 bridgehead atoms. The third-order valence-corrected chi connectivity index (χ3v) is 7.16. The molecular formula is C17H29N5O3S2. The van der Waals surface area contributed by atoms with E-state index in [9.17, 15) is 13.2 Å². The van der Waals surface area contributed by atoms with Crippen molar-refractivity contribution < 1.29 is 13.2 Å². The minimum Gasteiger partial charge on any atom is -0.357 e. The van der Waals surface area contributed by atoms with E-state index in [4.69, 9.17) is 0 Å². The zero-order valence-electron chi connectivity index (χ0n) is 16.2. The van der Waals surface area contributed by atoms with Crippen LogP contribution in [0, 0.1) is 13.8 Å². The van der Waals surface area contributed by atoms with E-state index < -0.39 is 9.84 Å². The van der Waals surface area contributed by atoms with Gasteiger partial charge >= 0.3 is 0 Å². The van der Waals surface area contributed by atoms with E-state index >= 15 is 0 Å². The lowest BCUT2D eigenvalue weighted by Crippen LogP contribution is -2.41. The maximum absolute atomic E-state index is 12.0. The van der Waals surface area contributed by atoms with Crippen LogP contribution in [0.25, 0.3) is 0 Å². The van der Waals surface area contributed by atoms with Crippen LogP contribution in [0.5, 0.6) is 0 Å². The molecule has 1 aromatic rings. The van der Waals surface area contributed by atoms with Crippen LogP contribution in [0.15, 0.2) is 4.99 Å². The van der Waals surface area contributed by atoms with Crippen LogP contribution in [0.1, 0.15) is 35.3 Å². The summed E-state index contributed by atoms with van der Waals surface area (Å²) < 4.78 is 22.9. The lowest BCUT2D eigenvalue weighted by atomic mass is 10.2. The minimum atomic E-state index is -2.98. The number of aromatic nitrogens is 1. The second-order valence-electron chi connectivity index (χ2n) is 6.60. The molecule has 1 fully saturated rings. The molecule has 1 aliphatic heterocycles. The summed E-state index contributed by atoms with van der Waals surface area (Å²) >= 11 is 1.70. The van der Waals surface area contributed by atoms with E-state index in [-0.39, 0.29) is 29.9 Å². The monoisotopic (exact) mass is 415 g/mol. The van der Waals surface area contributed by atoms with Crippen molar-refractivity contribution in [1.82, 2.24) is 20.9 Å². The number of rotatable bonds is 8. The van der Waals surface area contributed by atoms with Crippen molar-refractivity contribution in [3.8, 4) is 0 Å². The van der Waals surface area contributed by atoms with Crippen LogP contribution in [0.3, 0.4) is 0 Å². The van der Waals surface area contributed by atoms with E-state index in [1.807, 2.05) is 13.8 Å². The summed E-state index contributed by atoms with van der Waals surface area (Å²) in [4.78, 5) is 22.2. The van der Waals surface area contributed by atoms with Crippen LogP contribution < -0.4 is 16.0 Å². The average Bonchev–Trinajstić information content (AvgIpc) is 3.08. The molecule has 2 rings (SSSR count). The number of nitrogens with zero attached hydrogens (tertiary/aromatic N) is 2. The summed E-state index contributed by atoms with van der Waals surface area (Å²) in [7, 11) is -2.98. The van der Waals surface area contributed by atoms with E-state index in [0.29, 0.717) is 25.5 Å². The summed E-state index contributed by atoms with van der Waals surface area (Å²) in [5, 5.41) is 10.2. The zero-order chi connectivity index (χ0) is 19.9. The normalized spacial score (nSPS) is 19.1. The van der Waals surface area contributed by atoms with Gasteiger partial charge in [0.15, 0.2) is 15.8 Å². The van der Waals surface area contributed by atoms with E-state index in [0.717, 1.165) is 23.7 Å². The molecule has 0 aliphatic carbocycles. The third-order valence-electron chi connectivity index (χ3n) is 4.25. The van der Waals surface area contributed by atoms with Crippen LogP contribution in [-0.2, 0) is 21.1 Å². The predicted molar refractivity (Wildman–Crippen MR) is 109 cm³/mol. The van der Waals surface area contributed by atoms with Crippen LogP contribution >= 0.6 is 11.3 Å². The van der Waals surface area contributed by atoms with Gasteiger partial charge in [0.2, 0.25) is 5.91 Å². The lowest BCUT2D eigenvalue weighted by molar-refractivity contribution is -0.121. The van der Waals surface area contributed by atoms with Crippen molar-refractivity contribution in [2.45, 2.75) is 46.1 Å². The number of hydrogen-bond donors (Lipinski definition) is 3. The quantitative estimate of drug-likeness (QED) is 0.422. The van der Waals surface area contributed by atoms with Gasteiger partial charge in [-0.3, -0.25) is 9.79 Å². The van der Waals surface area contributed by atoms with Gasteiger partial charge in [-0.25, -0.2) is 13.4 Å². The first-order valence-electron chi connectivity index (χ1n) is 9.24. The summed E-state index contributed by atoms with van der Waals surface area (Å²) in [6, 6.07) is -0.255. The van der Waals surface area contributed by atoms with Crippen LogP contribution in [0.4, 0.5) is 0 Å². The molecule has 3 N–H and O–H groups in total. The van der Waals surface area contributed by atoms with Crippen LogP contribution in [0.2, 0.25) is 0 Å².